The summed E-state index contributed by atoms with van der Waals surface area (Å²) in [5.74, 6) is 0.159. The maximum atomic E-state index is 12.5. The molecule has 0 bridgehead atoms. The molecule has 0 saturated carbocycles. The van der Waals surface area contributed by atoms with Crippen molar-refractivity contribution in [3.8, 4) is 17.2 Å². The lowest BCUT2D eigenvalue weighted by Gasteiger charge is -2.11. The van der Waals surface area contributed by atoms with Crippen molar-refractivity contribution in [2.75, 3.05) is 14.2 Å². The van der Waals surface area contributed by atoms with Crippen LogP contribution in [0.4, 0.5) is 0 Å². The van der Waals surface area contributed by atoms with E-state index < -0.39 is 13.6 Å². The number of methoxy groups -OCH3 is 2. The van der Waals surface area contributed by atoms with Crippen molar-refractivity contribution in [2.24, 2.45) is 0 Å². The lowest BCUT2D eigenvalue weighted by molar-refractivity contribution is 0.104. The van der Waals surface area contributed by atoms with Gasteiger partial charge in [-0.25, -0.2) is 4.57 Å². The summed E-state index contributed by atoms with van der Waals surface area (Å²) in [5, 5.41) is 0. The van der Waals surface area contributed by atoms with E-state index in [-0.39, 0.29) is 11.3 Å². The molecule has 2 rings (SSSR count). The summed E-state index contributed by atoms with van der Waals surface area (Å²) in [6.45, 7) is 1.92. The molecule has 0 aliphatic carbocycles. The van der Waals surface area contributed by atoms with E-state index in [2.05, 4.69) is 4.52 Å². The van der Waals surface area contributed by atoms with Gasteiger partial charge < -0.3 is 14.0 Å². The third kappa shape index (κ3) is 5.20. The summed E-state index contributed by atoms with van der Waals surface area (Å²) in [5.41, 5.74) is 1.70. The van der Waals surface area contributed by atoms with Crippen molar-refractivity contribution in [1.82, 2.24) is 0 Å². The number of carbonyl (C=O) groups is 1. The number of hydrogen-bond acceptors (Lipinski definition) is 5. The second-order valence-corrected chi connectivity index (χ2v) is 6.55. The number of ketones is 1. The second-order valence-electron chi connectivity index (χ2n) is 5.39. The summed E-state index contributed by atoms with van der Waals surface area (Å²) in [6, 6.07) is 9.64. The first-order chi connectivity index (χ1) is 12.2. The maximum Gasteiger partial charge on any atom is 0.524 e. The van der Waals surface area contributed by atoms with Crippen LogP contribution in [0, 0.1) is 6.92 Å². The van der Waals surface area contributed by atoms with E-state index in [9.17, 15) is 9.36 Å². The van der Waals surface area contributed by atoms with Gasteiger partial charge in [-0.1, -0.05) is 12.1 Å². The predicted molar refractivity (Wildman–Crippen MR) is 96.8 cm³/mol. The Morgan fingerprint density at radius 2 is 1.77 bits per heavy atom. The van der Waals surface area contributed by atoms with Gasteiger partial charge in [-0.3, -0.25) is 14.6 Å². The highest BCUT2D eigenvalue weighted by atomic mass is 31.2. The Hall–Kier alpha value is -2.60. The highest BCUT2D eigenvalue weighted by Crippen LogP contribution is 2.40. The monoisotopic (exact) mass is 378 g/mol. The molecule has 0 fully saturated rings. The van der Waals surface area contributed by atoms with Gasteiger partial charge in [0, 0.05) is 11.6 Å². The largest absolute Gasteiger partial charge is 0.524 e. The average Bonchev–Trinajstić information content (AvgIpc) is 2.58. The van der Waals surface area contributed by atoms with Gasteiger partial charge in [-0.15, -0.1) is 0 Å². The third-order valence-corrected chi connectivity index (χ3v) is 3.91. The minimum atomic E-state index is -4.83. The van der Waals surface area contributed by atoms with Gasteiger partial charge in [0.1, 0.15) is 17.2 Å². The summed E-state index contributed by atoms with van der Waals surface area (Å²) >= 11 is 0. The summed E-state index contributed by atoms with van der Waals surface area (Å²) in [7, 11) is -1.91. The van der Waals surface area contributed by atoms with E-state index in [1.165, 1.54) is 38.5 Å². The van der Waals surface area contributed by atoms with Crippen LogP contribution in [-0.4, -0.2) is 29.8 Å². The Labute approximate surface area is 151 Å². The lowest BCUT2D eigenvalue weighted by Crippen LogP contribution is -2.01. The standard InChI is InChI=1S/C18H19O7P/c1-12-4-5-13(17(10-12)24-3)6-9-16(19)15-8-7-14(23-2)11-18(15)25-26(20,21)22/h4-11H,1-3H3,(H2,20,21,22). The number of phosphoric ester groups is 1. The fourth-order valence-electron chi connectivity index (χ4n) is 2.25. The molecule has 7 nitrogen and oxygen atoms in total. The first kappa shape index (κ1) is 19.7. The molecule has 2 aromatic carbocycles. The molecule has 0 saturated heterocycles. The molecule has 0 spiro atoms. The van der Waals surface area contributed by atoms with Crippen LogP contribution in [0.1, 0.15) is 21.5 Å². The molecule has 0 atom stereocenters. The Bertz CT molecular complexity index is 883. The van der Waals surface area contributed by atoms with Crippen LogP contribution < -0.4 is 14.0 Å². The highest BCUT2D eigenvalue weighted by Gasteiger charge is 2.21. The van der Waals surface area contributed by atoms with Gasteiger partial charge in [-0.2, -0.15) is 0 Å². The molecule has 0 amide bonds. The van der Waals surface area contributed by atoms with Crippen LogP contribution in [0.15, 0.2) is 42.5 Å². The number of benzene rings is 2. The summed E-state index contributed by atoms with van der Waals surface area (Å²) in [4.78, 5) is 30.6. The molecule has 0 aromatic heterocycles. The fourth-order valence-corrected chi connectivity index (χ4v) is 2.66. The molecule has 2 aromatic rings. The van der Waals surface area contributed by atoms with E-state index in [4.69, 9.17) is 19.3 Å². The van der Waals surface area contributed by atoms with E-state index in [0.29, 0.717) is 17.1 Å². The molecular formula is C18H19O7P. The number of ether oxygens (including phenoxy) is 2. The van der Waals surface area contributed by atoms with Crippen molar-refractivity contribution >= 4 is 19.7 Å². The van der Waals surface area contributed by atoms with Crippen LogP contribution in [0.5, 0.6) is 17.2 Å². The third-order valence-electron chi connectivity index (χ3n) is 3.47. The number of aryl methyl sites for hydroxylation is 1. The van der Waals surface area contributed by atoms with E-state index >= 15 is 0 Å². The van der Waals surface area contributed by atoms with Crippen LogP contribution in [0.3, 0.4) is 0 Å². The van der Waals surface area contributed by atoms with Crippen molar-refractivity contribution in [3.05, 3.63) is 59.2 Å². The van der Waals surface area contributed by atoms with Crippen molar-refractivity contribution in [1.29, 1.82) is 0 Å². The van der Waals surface area contributed by atoms with Gasteiger partial charge >= 0.3 is 7.82 Å². The van der Waals surface area contributed by atoms with Gasteiger partial charge in [0.25, 0.3) is 0 Å². The zero-order chi connectivity index (χ0) is 19.3. The number of hydrogen-bond donors (Lipinski definition) is 2. The molecule has 8 heteroatoms. The minimum absolute atomic E-state index is 0.00328. The van der Waals surface area contributed by atoms with Crippen LogP contribution in [-0.2, 0) is 4.57 Å². The van der Waals surface area contributed by atoms with E-state index in [0.717, 1.165) is 5.56 Å². The van der Waals surface area contributed by atoms with Gasteiger partial charge in [0.15, 0.2) is 5.78 Å². The molecule has 2 N–H and O–H groups in total. The Balaban J connectivity index is 2.36. The molecule has 0 aliphatic rings. The van der Waals surface area contributed by atoms with Crippen LogP contribution in [0.25, 0.3) is 6.08 Å². The van der Waals surface area contributed by atoms with Crippen LogP contribution >= 0.6 is 7.82 Å². The SMILES string of the molecule is COc1ccc(C(=O)C=Cc2ccc(C)cc2OC)c(OP(=O)(O)O)c1. The predicted octanol–water partition coefficient (Wildman–Crippen LogP) is 3.38. The zero-order valence-corrected chi connectivity index (χ0v) is 15.4. The van der Waals surface area contributed by atoms with Gasteiger partial charge in [0.2, 0.25) is 0 Å². The Morgan fingerprint density at radius 3 is 2.38 bits per heavy atom. The Morgan fingerprint density at radius 1 is 1.04 bits per heavy atom. The molecule has 26 heavy (non-hydrogen) atoms. The van der Waals surface area contributed by atoms with Crippen molar-refractivity contribution in [2.45, 2.75) is 6.92 Å². The zero-order valence-electron chi connectivity index (χ0n) is 14.5. The maximum absolute atomic E-state index is 12.5. The first-order valence-electron chi connectivity index (χ1n) is 7.53. The van der Waals surface area contributed by atoms with Crippen molar-refractivity contribution in [3.63, 3.8) is 0 Å². The molecule has 0 aliphatic heterocycles. The Kier molecular flexibility index (Phi) is 6.21. The topological polar surface area (TPSA) is 102 Å². The van der Waals surface area contributed by atoms with E-state index in [1.54, 1.807) is 12.1 Å². The molecular weight excluding hydrogens is 359 g/mol. The molecule has 0 unspecified atom stereocenters. The number of phosphoric acid groups is 1. The number of allylic oxidation sites excluding steroid dienone is 1. The minimum Gasteiger partial charge on any atom is -0.497 e. The summed E-state index contributed by atoms with van der Waals surface area (Å²) in [6.07, 6.45) is 2.84. The summed E-state index contributed by atoms with van der Waals surface area (Å²) < 4.78 is 26.0. The number of rotatable bonds is 7. The quantitative estimate of drug-likeness (QED) is 0.433. The average molecular weight is 378 g/mol. The molecule has 0 radical (unpaired) electrons. The first-order valence-corrected chi connectivity index (χ1v) is 9.07. The fraction of sp³-hybridized carbons (Fsp3) is 0.167. The lowest BCUT2D eigenvalue weighted by atomic mass is 10.1. The number of carbonyl (C=O) groups excluding carboxylic acids is 1. The highest BCUT2D eigenvalue weighted by molar-refractivity contribution is 7.46. The van der Waals surface area contributed by atoms with Crippen molar-refractivity contribution < 1.29 is 33.1 Å². The van der Waals surface area contributed by atoms with Gasteiger partial charge in [0.05, 0.1) is 19.8 Å². The smallest absolute Gasteiger partial charge is 0.497 e. The van der Waals surface area contributed by atoms with Gasteiger partial charge in [-0.05, 0) is 42.8 Å². The van der Waals surface area contributed by atoms with E-state index in [1.807, 2.05) is 19.1 Å². The molecule has 138 valence electrons. The normalized spacial score (nSPS) is 11.4. The van der Waals surface area contributed by atoms with Crippen LogP contribution in [0.2, 0.25) is 0 Å². The molecule has 0 heterocycles. The second kappa shape index (κ2) is 8.19.